The first-order valence-corrected chi connectivity index (χ1v) is 11.1. The number of ether oxygens (including phenoxy) is 1. The molecule has 158 valence electrons. The number of carbonyl (C=O) groups excluding carboxylic acids is 1. The molecular formula is C25H23BrN2O3. The van der Waals surface area contributed by atoms with Crippen LogP contribution >= 0.6 is 15.9 Å². The lowest BCUT2D eigenvalue weighted by atomic mass is 9.69. The van der Waals surface area contributed by atoms with E-state index in [1.807, 2.05) is 44.2 Å². The molecule has 0 fully saturated rings. The number of nitrogens with zero attached hydrogens (tertiary/aromatic N) is 2. The van der Waals surface area contributed by atoms with E-state index < -0.39 is 11.8 Å². The number of phenols is 1. The van der Waals surface area contributed by atoms with E-state index in [2.05, 4.69) is 22.0 Å². The minimum Gasteiger partial charge on any atom is -0.503 e. The third-order valence-corrected chi connectivity index (χ3v) is 6.61. The van der Waals surface area contributed by atoms with Crippen LogP contribution in [0, 0.1) is 17.2 Å². The highest BCUT2D eigenvalue weighted by molar-refractivity contribution is 9.10. The highest BCUT2D eigenvalue weighted by Crippen LogP contribution is 2.48. The van der Waals surface area contributed by atoms with E-state index in [1.165, 1.54) is 0 Å². The zero-order valence-electron chi connectivity index (χ0n) is 17.4. The number of phenolic OH excluding ortho intramolecular Hbond substituents is 1. The van der Waals surface area contributed by atoms with E-state index >= 15 is 0 Å². The molecule has 2 aliphatic rings. The zero-order valence-corrected chi connectivity index (χ0v) is 19.0. The average Bonchev–Trinajstić information content (AvgIpc) is 2.76. The summed E-state index contributed by atoms with van der Waals surface area (Å²) in [5.41, 5.74) is 3.97. The van der Waals surface area contributed by atoms with Gasteiger partial charge in [0.1, 0.15) is 0 Å². The standard InChI is InChI=1S/C25H23BrN2O3/c1-3-31-22-12-17(9-19(26)25(22)30)23-18(13-27)14(2)28-20-10-16(11-21(29)24(20)23)15-7-5-4-6-8-15/h4-9,12,16,18,23,30H,3,10-11H2,1-2H3. The Morgan fingerprint density at radius 1 is 1.23 bits per heavy atom. The van der Waals surface area contributed by atoms with Gasteiger partial charge in [-0.05, 0) is 65.4 Å². The Kier molecular flexibility index (Phi) is 5.97. The van der Waals surface area contributed by atoms with Gasteiger partial charge < -0.3 is 9.84 Å². The van der Waals surface area contributed by atoms with Crippen molar-refractivity contribution in [1.82, 2.24) is 0 Å². The number of carbonyl (C=O) groups is 1. The Bertz CT molecular complexity index is 1130. The minimum absolute atomic E-state index is 0.00798. The number of rotatable bonds is 4. The molecule has 0 aromatic heterocycles. The van der Waals surface area contributed by atoms with Gasteiger partial charge in [0.05, 0.1) is 23.1 Å². The second-order valence-corrected chi connectivity index (χ2v) is 8.77. The van der Waals surface area contributed by atoms with Gasteiger partial charge in [-0.15, -0.1) is 0 Å². The smallest absolute Gasteiger partial charge is 0.172 e. The third-order valence-electron chi connectivity index (χ3n) is 6.01. The maximum Gasteiger partial charge on any atom is 0.172 e. The first-order valence-electron chi connectivity index (χ1n) is 10.4. The number of hydrogen-bond acceptors (Lipinski definition) is 5. The summed E-state index contributed by atoms with van der Waals surface area (Å²) in [5.74, 6) is -0.558. The first kappa shape index (κ1) is 21.3. The maximum absolute atomic E-state index is 13.4. The molecule has 0 radical (unpaired) electrons. The summed E-state index contributed by atoms with van der Waals surface area (Å²) in [4.78, 5) is 18.1. The fourth-order valence-electron chi connectivity index (χ4n) is 4.59. The number of Topliss-reactive ketones (excluding diaryl/α,β-unsaturated/α-hetero) is 1. The molecule has 5 nitrogen and oxygen atoms in total. The molecule has 1 heterocycles. The monoisotopic (exact) mass is 478 g/mol. The summed E-state index contributed by atoms with van der Waals surface area (Å²) in [6.07, 6.45) is 1.05. The summed E-state index contributed by atoms with van der Waals surface area (Å²) >= 11 is 3.39. The Balaban J connectivity index is 1.83. The number of ketones is 1. The molecule has 0 spiro atoms. The Hall–Kier alpha value is -2.91. The minimum atomic E-state index is -0.554. The van der Waals surface area contributed by atoms with Gasteiger partial charge in [-0.2, -0.15) is 5.26 Å². The molecule has 0 amide bonds. The summed E-state index contributed by atoms with van der Waals surface area (Å²) in [5, 5.41) is 20.3. The topological polar surface area (TPSA) is 82.7 Å². The SMILES string of the molecule is CCOc1cc(C2C3=C(CC(c4ccccc4)CC3=O)N=C(C)C2C#N)cc(Br)c1O. The van der Waals surface area contributed by atoms with E-state index in [9.17, 15) is 15.2 Å². The van der Waals surface area contributed by atoms with Gasteiger partial charge in [-0.1, -0.05) is 30.3 Å². The number of benzene rings is 2. The molecule has 2 aromatic carbocycles. The summed E-state index contributed by atoms with van der Waals surface area (Å²) in [6, 6.07) is 15.9. The maximum atomic E-state index is 13.4. The molecule has 0 bridgehead atoms. The van der Waals surface area contributed by atoms with Crippen LogP contribution in [-0.4, -0.2) is 23.2 Å². The Morgan fingerprint density at radius 2 is 1.97 bits per heavy atom. The average molecular weight is 479 g/mol. The summed E-state index contributed by atoms with van der Waals surface area (Å²) < 4.78 is 6.06. The molecule has 0 saturated heterocycles. The molecule has 2 aromatic rings. The van der Waals surface area contributed by atoms with Crippen molar-refractivity contribution < 1.29 is 14.6 Å². The number of allylic oxidation sites excluding steroid dienone is 2. The van der Waals surface area contributed by atoms with Crippen LogP contribution in [0.1, 0.15) is 49.7 Å². The van der Waals surface area contributed by atoms with E-state index in [4.69, 9.17) is 9.73 Å². The van der Waals surface area contributed by atoms with Crippen molar-refractivity contribution in [1.29, 1.82) is 5.26 Å². The number of hydrogen-bond donors (Lipinski definition) is 1. The van der Waals surface area contributed by atoms with Gasteiger partial charge in [-0.25, -0.2) is 0 Å². The Morgan fingerprint density at radius 3 is 2.65 bits per heavy atom. The van der Waals surface area contributed by atoms with Gasteiger partial charge in [0.25, 0.3) is 0 Å². The van der Waals surface area contributed by atoms with Gasteiger partial charge >= 0.3 is 0 Å². The van der Waals surface area contributed by atoms with Crippen LogP contribution < -0.4 is 4.74 Å². The number of halogens is 1. The lowest BCUT2D eigenvalue weighted by molar-refractivity contribution is -0.116. The molecule has 1 N–H and O–H groups in total. The number of aliphatic imine (C=N–C) groups is 1. The zero-order chi connectivity index (χ0) is 22.1. The van der Waals surface area contributed by atoms with Crippen molar-refractivity contribution in [2.75, 3.05) is 6.61 Å². The van der Waals surface area contributed by atoms with Gasteiger partial charge in [0.15, 0.2) is 17.3 Å². The molecule has 1 aliphatic heterocycles. The van der Waals surface area contributed by atoms with Gasteiger partial charge in [-0.3, -0.25) is 9.79 Å². The Labute approximate surface area is 190 Å². The summed E-state index contributed by atoms with van der Waals surface area (Å²) in [7, 11) is 0. The summed E-state index contributed by atoms with van der Waals surface area (Å²) in [6.45, 7) is 4.08. The van der Waals surface area contributed by atoms with Crippen LogP contribution in [-0.2, 0) is 4.79 Å². The van der Waals surface area contributed by atoms with Crippen molar-refractivity contribution in [3.8, 4) is 17.6 Å². The van der Waals surface area contributed by atoms with Crippen molar-refractivity contribution in [2.45, 2.75) is 38.5 Å². The third kappa shape index (κ3) is 3.90. The fraction of sp³-hybridized carbons (Fsp3) is 0.320. The molecule has 31 heavy (non-hydrogen) atoms. The molecule has 3 atom stereocenters. The van der Waals surface area contributed by atoms with Crippen molar-refractivity contribution >= 4 is 27.4 Å². The molecular weight excluding hydrogens is 456 g/mol. The molecule has 0 saturated carbocycles. The molecule has 3 unspecified atom stereocenters. The largest absolute Gasteiger partial charge is 0.503 e. The van der Waals surface area contributed by atoms with Crippen LogP contribution in [0.25, 0.3) is 0 Å². The van der Waals surface area contributed by atoms with E-state index in [-0.39, 0.29) is 17.5 Å². The number of nitriles is 1. The normalized spacial score (nSPS) is 23.1. The predicted molar refractivity (Wildman–Crippen MR) is 122 cm³/mol. The molecule has 6 heteroatoms. The lowest BCUT2D eigenvalue weighted by Gasteiger charge is -2.35. The highest BCUT2D eigenvalue weighted by atomic mass is 79.9. The first-order chi connectivity index (χ1) is 14.9. The van der Waals surface area contributed by atoms with Crippen LogP contribution in [0.4, 0.5) is 0 Å². The fourth-order valence-corrected chi connectivity index (χ4v) is 5.05. The van der Waals surface area contributed by atoms with Crippen LogP contribution in [0.15, 0.2) is 63.2 Å². The predicted octanol–water partition coefficient (Wildman–Crippen LogP) is 5.65. The second-order valence-electron chi connectivity index (χ2n) is 7.92. The van der Waals surface area contributed by atoms with Crippen molar-refractivity contribution in [2.24, 2.45) is 10.9 Å². The van der Waals surface area contributed by atoms with Gasteiger partial charge in [0, 0.05) is 29.3 Å². The second kappa shape index (κ2) is 8.68. The van der Waals surface area contributed by atoms with Crippen LogP contribution in [0.3, 0.4) is 0 Å². The lowest BCUT2D eigenvalue weighted by Crippen LogP contribution is -2.32. The van der Waals surface area contributed by atoms with Crippen LogP contribution in [0.2, 0.25) is 0 Å². The van der Waals surface area contributed by atoms with Crippen molar-refractivity contribution in [3.63, 3.8) is 0 Å². The molecule has 4 rings (SSSR count). The highest BCUT2D eigenvalue weighted by Gasteiger charge is 2.41. The van der Waals surface area contributed by atoms with Crippen molar-refractivity contribution in [3.05, 3.63) is 69.3 Å². The van der Waals surface area contributed by atoms with Gasteiger partial charge in [0.2, 0.25) is 0 Å². The molecule has 1 aliphatic carbocycles. The van der Waals surface area contributed by atoms with E-state index in [0.717, 1.165) is 16.8 Å². The van der Waals surface area contributed by atoms with E-state index in [0.29, 0.717) is 41.0 Å². The van der Waals surface area contributed by atoms with E-state index in [1.54, 1.807) is 12.1 Å². The van der Waals surface area contributed by atoms with Crippen LogP contribution in [0.5, 0.6) is 11.5 Å². The quantitative estimate of drug-likeness (QED) is 0.614. The number of aromatic hydroxyl groups is 1.